The first-order valence-electron chi connectivity index (χ1n) is 7.35. The van der Waals surface area contributed by atoms with Crippen LogP contribution in [-0.2, 0) is 4.74 Å². The van der Waals surface area contributed by atoms with E-state index in [0.29, 0.717) is 14.8 Å². The van der Waals surface area contributed by atoms with Crippen LogP contribution in [0, 0.1) is 0 Å². The van der Waals surface area contributed by atoms with Gasteiger partial charge in [-0.25, -0.2) is 4.79 Å². The average Bonchev–Trinajstić information content (AvgIpc) is 3.31. The molecule has 1 amide bonds. The van der Waals surface area contributed by atoms with Gasteiger partial charge in [-0.3, -0.25) is 4.79 Å². The molecular formula is C18H14ClNO3S2. The zero-order valence-electron chi connectivity index (χ0n) is 13.2. The molecule has 1 N–H and O–H groups in total. The standard InChI is InChI=1S/C18H14ClNO3S2/c1-23-18(22)15-7-6-14(25-15)17(21)20-16(12-8-9-24-10-12)11-2-4-13(19)5-3-11/h2-10,16H,1H3,(H,20,21). The summed E-state index contributed by atoms with van der Waals surface area (Å²) in [6.45, 7) is 0. The fourth-order valence-corrected chi connectivity index (χ4v) is 3.97. The van der Waals surface area contributed by atoms with Crippen LogP contribution in [0.2, 0.25) is 5.02 Å². The van der Waals surface area contributed by atoms with Gasteiger partial charge in [0.1, 0.15) is 4.88 Å². The maximum atomic E-state index is 12.6. The molecule has 4 nitrogen and oxygen atoms in total. The lowest BCUT2D eigenvalue weighted by Crippen LogP contribution is -2.28. The fraction of sp³-hybridized carbons (Fsp3) is 0.111. The van der Waals surface area contributed by atoms with Gasteiger partial charge in [0.15, 0.2) is 0 Å². The third-order valence-corrected chi connectivity index (χ3v) is 5.59. The highest BCUT2D eigenvalue weighted by Gasteiger charge is 2.20. The molecule has 2 aromatic heterocycles. The largest absolute Gasteiger partial charge is 0.465 e. The zero-order chi connectivity index (χ0) is 17.8. The van der Waals surface area contributed by atoms with Gasteiger partial charge in [0.05, 0.1) is 18.0 Å². The van der Waals surface area contributed by atoms with Gasteiger partial charge in [-0.05, 0) is 52.2 Å². The number of rotatable bonds is 5. The van der Waals surface area contributed by atoms with Crippen LogP contribution in [0.1, 0.15) is 36.5 Å². The molecule has 128 valence electrons. The second-order valence-electron chi connectivity index (χ2n) is 5.17. The summed E-state index contributed by atoms with van der Waals surface area (Å²) >= 11 is 8.63. The van der Waals surface area contributed by atoms with E-state index in [1.54, 1.807) is 35.6 Å². The highest BCUT2D eigenvalue weighted by molar-refractivity contribution is 7.15. The first-order chi connectivity index (χ1) is 12.1. The molecular weight excluding hydrogens is 378 g/mol. The lowest BCUT2D eigenvalue weighted by molar-refractivity contribution is 0.0606. The molecule has 0 aliphatic rings. The van der Waals surface area contributed by atoms with E-state index in [1.807, 2.05) is 29.0 Å². The van der Waals surface area contributed by atoms with Crippen LogP contribution in [0.25, 0.3) is 0 Å². The molecule has 0 bridgehead atoms. The first kappa shape index (κ1) is 17.7. The van der Waals surface area contributed by atoms with E-state index in [9.17, 15) is 9.59 Å². The van der Waals surface area contributed by atoms with Gasteiger partial charge in [-0.2, -0.15) is 11.3 Å². The normalized spacial score (nSPS) is 11.8. The van der Waals surface area contributed by atoms with Gasteiger partial charge in [-0.15, -0.1) is 11.3 Å². The highest BCUT2D eigenvalue weighted by Crippen LogP contribution is 2.27. The van der Waals surface area contributed by atoms with Crippen LogP contribution in [0.3, 0.4) is 0 Å². The van der Waals surface area contributed by atoms with Crippen LogP contribution in [0.5, 0.6) is 0 Å². The molecule has 0 fully saturated rings. The van der Waals surface area contributed by atoms with Crippen molar-refractivity contribution in [2.45, 2.75) is 6.04 Å². The summed E-state index contributed by atoms with van der Waals surface area (Å²) < 4.78 is 4.68. The van der Waals surface area contributed by atoms with Crippen molar-refractivity contribution in [3.05, 3.63) is 79.1 Å². The Kier molecular flexibility index (Phi) is 5.53. The molecule has 1 unspecified atom stereocenters. The molecule has 1 atom stereocenters. The summed E-state index contributed by atoms with van der Waals surface area (Å²) in [5.74, 6) is -0.692. The minimum Gasteiger partial charge on any atom is -0.465 e. The van der Waals surface area contributed by atoms with Gasteiger partial charge in [0.2, 0.25) is 0 Å². The van der Waals surface area contributed by atoms with Gasteiger partial charge in [0, 0.05) is 5.02 Å². The number of hydrogen-bond acceptors (Lipinski definition) is 5. The summed E-state index contributed by atoms with van der Waals surface area (Å²) in [6, 6.07) is 12.3. The fourth-order valence-electron chi connectivity index (χ4n) is 2.33. The number of carbonyl (C=O) groups excluding carboxylic acids is 2. The summed E-state index contributed by atoms with van der Waals surface area (Å²) in [5, 5.41) is 7.62. The lowest BCUT2D eigenvalue weighted by atomic mass is 10.0. The van der Waals surface area contributed by atoms with Crippen LogP contribution in [-0.4, -0.2) is 19.0 Å². The monoisotopic (exact) mass is 391 g/mol. The van der Waals surface area contributed by atoms with Crippen molar-refractivity contribution in [1.82, 2.24) is 5.32 Å². The van der Waals surface area contributed by atoms with Crippen molar-refractivity contribution >= 4 is 46.2 Å². The van der Waals surface area contributed by atoms with Crippen LogP contribution < -0.4 is 5.32 Å². The molecule has 3 rings (SSSR count). The topological polar surface area (TPSA) is 55.4 Å². The minimum atomic E-state index is -0.448. The molecule has 0 spiro atoms. The molecule has 0 radical (unpaired) electrons. The van der Waals surface area contributed by atoms with E-state index in [2.05, 4.69) is 10.1 Å². The molecule has 25 heavy (non-hydrogen) atoms. The summed E-state index contributed by atoms with van der Waals surface area (Å²) in [7, 11) is 1.31. The number of nitrogens with one attached hydrogen (secondary N) is 1. The zero-order valence-corrected chi connectivity index (χ0v) is 15.6. The number of amides is 1. The Morgan fingerprint density at radius 1 is 1.04 bits per heavy atom. The molecule has 0 saturated carbocycles. The third-order valence-electron chi connectivity index (χ3n) is 3.57. The Hall–Kier alpha value is -2.15. The van der Waals surface area contributed by atoms with Crippen molar-refractivity contribution in [3.63, 3.8) is 0 Å². The van der Waals surface area contributed by atoms with Crippen molar-refractivity contribution in [3.8, 4) is 0 Å². The Morgan fingerprint density at radius 3 is 2.40 bits per heavy atom. The number of carbonyl (C=O) groups is 2. The smallest absolute Gasteiger partial charge is 0.348 e. The number of esters is 1. The van der Waals surface area contributed by atoms with Crippen LogP contribution >= 0.6 is 34.3 Å². The van der Waals surface area contributed by atoms with E-state index in [0.717, 1.165) is 22.5 Å². The number of halogens is 1. The summed E-state index contributed by atoms with van der Waals surface area (Å²) in [5.41, 5.74) is 1.92. The second-order valence-corrected chi connectivity index (χ2v) is 7.47. The van der Waals surface area contributed by atoms with Crippen molar-refractivity contribution in [2.75, 3.05) is 7.11 Å². The molecule has 0 aliphatic heterocycles. The van der Waals surface area contributed by atoms with Gasteiger partial charge < -0.3 is 10.1 Å². The van der Waals surface area contributed by atoms with Crippen molar-refractivity contribution < 1.29 is 14.3 Å². The number of ether oxygens (including phenoxy) is 1. The molecule has 1 aromatic carbocycles. The molecule has 7 heteroatoms. The number of thiophene rings is 2. The van der Waals surface area contributed by atoms with Crippen LogP contribution in [0.4, 0.5) is 0 Å². The van der Waals surface area contributed by atoms with E-state index in [-0.39, 0.29) is 11.9 Å². The Balaban J connectivity index is 1.85. The van der Waals surface area contributed by atoms with Gasteiger partial charge >= 0.3 is 5.97 Å². The SMILES string of the molecule is COC(=O)c1ccc(C(=O)NC(c2ccc(Cl)cc2)c2ccsc2)s1. The molecule has 0 aliphatic carbocycles. The van der Waals surface area contributed by atoms with E-state index in [4.69, 9.17) is 11.6 Å². The summed E-state index contributed by atoms with van der Waals surface area (Å²) in [4.78, 5) is 25.0. The Labute approximate surface area is 158 Å². The van der Waals surface area contributed by atoms with Crippen molar-refractivity contribution in [1.29, 1.82) is 0 Å². The molecule has 3 aromatic rings. The minimum absolute atomic E-state index is 0.244. The number of methoxy groups -OCH3 is 1. The first-order valence-corrected chi connectivity index (χ1v) is 9.49. The summed E-state index contributed by atoms with van der Waals surface area (Å²) in [6.07, 6.45) is 0. The van der Waals surface area contributed by atoms with E-state index < -0.39 is 5.97 Å². The van der Waals surface area contributed by atoms with E-state index in [1.165, 1.54) is 7.11 Å². The second kappa shape index (κ2) is 7.82. The quantitative estimate of drug-likeness (QED) is 0.637. The van der Waals surface area contributed by atoms with Gasteiger partial charge in [0.25, 0.3) is 5.91 Å². The maximum absolute atomic E-state index is 12.6. The van der Waals surface area contributed by atoms with Gasteiger partial charge in [-0.1, -0.05) is 23.7 Å². The molecule has 2 heterocycles. The lowest BCUT2D eigenvalue weighted by Gasteiger charge is -2.18. The van der Waals surface area contributed by atoms with Crippen molar-refractivity contribution in [2.24, 2.45) is 0 Å². The Morgan fingerprint density at radius 2 is 1.76 bits per heavy atom. The Bertz CT molecular complexity index is 872. The highest BCUT2D eigenvalue weighted by atomic mass is 35.5. The third kappa shape index (κ3) is 4.10. The predicted octanol–water partition coefficient (Wildman–Crippen LogP) is 4.77. The average molecular weight is 392 g/mol. The number of hydrogen-bond donors (Lipinski definition) is 1. The maximum Gasteiger partial charge on any atom is 0.348 e. The predicted molar refractivity (Wildman–Crippen MR) is 101 cm³/mol. The van der Waals surface area contributed by atoms with E-state index >= 15 is 0 Å². The molecule has 0 saturated heterocycles. The van der Waals surface area contributed by atoms with Crippen LogP contribution in [0.15, 0.2) is 53.2 Å². The number of benzene rings is 1.